The molecule has 2 heterocycles. The minimum absolute atomic E-state index is 0.0284. The molecular weight excluding hydrogens is 336 g/mol. The summed E-state index contributed by atoms with van der Waals surface area (Å²) in [5.41, 5.74) is -0.0799. The zero-order valence-corrected chi connectivity index (χ0v) is 15.9. The molecular formula is C18H26N4O2S. The standard InChI is InChI=1S/C18H26N4O2S/c1-18(2,3)16-21-22-17(25-16)20-15(24)7-6-12(11-4-5-11)10-14(23)13-8-9-19-13/h6-7,11-13,19H,4-5,8-10H2,1-3H3,(H,20,22,24)/b7-6+/t12-,13-/m0/s1. The van der Waals surface area contributed by atoms with Crippen LogP contribution in [-0.2, 0) is 15.0 Å². The van der Waals surface area contributed by atoms with Gasteiger partial charge in [-0.3, -0.25) is 14.9 Å². The molecule has 0 unspecified atom stereocenters. The zero-order chi connectivity index (χ0) is 18.0. The van der Waals surface area contributed by atoms with Gasteiger partial charge in [-0.1, -0.05) is 38.2 Å². The average Bonchev–Trinajstić information content (AvgIpc) is 3.19. The molecule has 25 heavy (non-hydrogen) atoms. The van der Waals surface area contributed by atoms with Crippen molar-refractivity contribution in [3.8, 4) is 0 Å². The van der Waals surface area contributed by atoms with Crippen molar-refractivity contribution in [2.45, 2.75) is 57.9 Å². The van der Waals surface area contributed by atoms with Crippen molar-refractivity contribution in [1.29, 1.82) is 0 Å². The number of nitrogens with one attached hydrogen (secondary N) is 2. The molecule has 7 heteroatoms. The number of allylic oxidation sites excluding steroid dienone is 1. The van der Waals surface area contributed by atoms with E-state index in [0.717, 1.165) is 30.8 Å². The van der Waals surface area contributed by atoms with Crippen molar-refractivity contribution in [2.75, 3.05) is 11.9 Å². The van der Waals surface area contributed by atoms with Gasteiger partial charge in [-0.05, 0) is 43.7 Å². The fraction of sp³-hybridized carbons (Fsp3) is 0.667. The van der Waals surface area contributed by atoms with Crippen molar-refractivity contribution in [2.24, 2.45) is 11.8 Å². The van der Waals surface area contributed by atoms with Crippen LogP contribution in [0.1, 0.15) is 51.5 Å². The molecule has 1 saturated heterocycles. The molecule has 0 spiro atoms. The summed E-state index contributed by atoms with van der Waals surface area (Å²) >= 11 is 1.40. The maximum atomic E-state index is 12.2. The van der Waals surface area contributed by atoms with Crippen LogP contribution in [-0.4, -0.2) is 34.5 Å². The van der Waals surface area contributed by atoms with Crippen LogP contribution in [0.5, 0.6) is 0 Å². The molecule has 1 saturated carbocycles. The number of amides is 1. The van der Waals surface area contributed by atoms with E-state index in [0.29, 0.717) is 17.5 Å². The zero-order valence-electron chi connectivity index (χ0n) is 15.0. The first kappa shape index (κ1) is 18.2. The van der Waals surface area contributed by atoms with Gasteiger partial charge >= 0.3 is 0 Å². The quantitative estimate of drug-likeness (QED) is 0.729. The Morgan fingerprint density at radius 2 is 2.04 bits per heavy atom. The summed E-state index contributed by atoms with van der Waals surface area (Å²) in [7, 11) is 0. The van der Waals surface area contributed by atoms with Crippen molar-refractivity contribution < 1.29 is 9.59 Å². The van der Waals surface area contributed by atoms with Crippen molar-refractivity contribution >= 4 is 28.2 Å². The Morgan fingerprint density at radius 1 is 1.32 bits per heavy atom. The van der Waals surface area contributed by atoms with Crippen molar-refractivity contribution in [1.82, 2.24) is 15.5 Å². The maximum absolute atomic E-state index is 12.2. The van der Waals surface area contributed by atoms with E-state index in [1.807, 2.05) is 6.08 Å². The van der Waals surface area contributed by atoms with Crippen LogP contribution in [0.3, 0.4) is 0 Å². The van der Waals surface area contributed by atoms with Gasteiger partial charge in [0, 0.05) is 11.8 Å². The molecule has 2 aliphatic rings. The number of hydrogen-bond donors (Lipinski definition) is 2. The molecule has 0 bridgehead atoms. The van der Waals surface area contributed by atoms with E-state index in [1.54, 1.807) is 6.08 Å². The van der Waals surface area contributed by atoms with E-state index in [2.05, 4.69) is 41.6 Å². The first-order valence-corrected chi connectivity index (χ1v) is 9.74. The van der Waals surface area contributed by atoms with E-state index in [4.69, 9.17) is 0 Å². The fourth-order valence-electron chi connectivity index (χ4n) is 2.79. The molecule has 1 amide bonds. The van der Waals surface area contributed by atoms with Gasteiger partial charge < -0.3 is 5.32 Å². The monoisotopic (exact) mass is 362 g/mol. The van der Waals surface area contributed by atoms with E-state index in [9.17, 15) is 9.59 Å². The van der Waals surface area contributed by atoms with Gasteiger partial charge in [0.1, 0.15) is 10.8 Å². The van der Waals surface area contributed by atoms with Gasteiger partial charge in [0.15, 0.2) is 0 Å². The second-order valence-electron chi connectivity index (χ2n) is 7.98. The Kier molecular flexibility index (Phi) is 5.34. The summed E-state index contributed by atoms with van der Waals surface area (Å²) in [4.78, 5) is 24.3. The van der Waals surface area contributed by atoms with Crippen molar-refractivity contribution in [3.05, 3.63) is 17.2 Å². The molecule has 136 valence electrons. The predicted molar refractivity (Wildman–Crippen MR) is 98.6 cm³/mol. The smallest absolute Gasteiger partial charge is 0.249 e. The Hall–Kier alpha value is -1.60. The van der Waals surface area contributed by atoms with Crippen LogP contribution in [0, 0.1) is 11.8 Å². The number of hydrogen-bond acceptors (Lipinski definition) is 6. The lowest BCUT2D eigenvalue weighted by atomic mass is 9.90. The summed E-state index contributed by atoms with van der Waals surface area (Å²) in [5, 5.41) is 15.5. The van der Waals surface area contributed by atoms with Gasteiger partial charge in [-0.2, -0.15) is 0 Å². The third-order valence-electron chi connectivity index (χ3n) is 4.67. The van der Waals surface area contributed by atoms with Crippen LogP contribution < -0.4 is 10.6 Å². The number of carbonyl (C=O) groups is 2. The van der Waals surface area contributed by atoms with Crippen LogP contribution in [0.2, 0.25) is 0 Å². The molecule has 0 aromatic carbocycles. The van der Waals surface area contributed by atoms with Crippen LogP contribution in [0.25, 0.3) is 0 Å². The van der Waals surface area contributed by atoms with Crippen LogP contribution in [0.4, 0.5) is 5.13 Å². The molecule has 1 aromatic heterocycles. The summed E-state index contributed by atoms with van der Waals surface area (Å²) < 4.78 is 0. The molecule has 1 aliphatic carbocycles. The van der Waals surface area contributed by atoms with E-state index < -0.39 is 0 Å². The van der Waals surface area contributed by atoms with E-state index in [1.165, 1.54) is 11.3 Å². The van der Waals surface area contributed by atoms with Crippen LogP contribution in [0.15, 0.2) is 12.2 Å². The number of nitrogens with zero attached hydrogens (tertiary/aromatic N) is 2. The minimum Gasteiger partial charge on any atom is -0.307 e. The lowest BCUT2D eigenvalue weighted by Crippen LogP contribution is -2.48. The van der Waals surface area contributed by atoms with Gasteiger partial charge in [-0.15, -0.1) is 10.2 Å². The Morgan fingerprint density at radius 3 is 2.56 bits per heavy atom. The van der Waals surface area contributed by atoms with Gasteiger partial charge in [-0.25, -0.2) is 0 Å². The van der Waals surface area contributed by atoms with Gasteiger partial charge in [0.25, 0.3) is 0 Å². The van der Waals surface area contributed by atoms with Gasteiger partial charge in [0.05, 0.1) is 6.04 Å². The summed E-state index contributed by atoms with van der Waals surface area (Å²) in [6.07, 6.45) is 7.20. The lowest BCUT2D eigenvalue weighted by Gasteiger charge is -2.27. The summed E-state index contributed by atoms with van der Waals surface area (Å²) in [6.45, 7) is 7.12. The summed E-state index contributed by atoms with van der Waals surface area (Å²) in [6, 6.07) is 0.0284. The second kappa shape index (κ2) is 7.33. The number of Topliss-reactive ketones (excluding diaryl/α,β-unsaturated/α-hetero) is 1. The van der Waals surface area contributed by atoms with E-state index >= 15 is 0 Å². The molecule has 1 aromatic rings. The highest BCUT2D eigenvalue weighted by Gasteiger charge is 2.34. The number of rotatable bonds is 7. The third kappa shape index (κ3) is 4.95. The van der Waals surface area contributed by atoms with E-state index in [-0.39, 0.29) is 29.1 Å². The molecule has 0 radical (unpaired) electrons. The third-order valence-corrected chi connectivity index (χ3v) is 5.93. The highest BCUT2D eigenvalue weighted by molar-refractivity contribution is 7.15. The molecule has 3 rings (SSSR count). The minimum atomic E-state index is -0.212. The number of anilines is 1. The number of ketones is 1. The molecule has 2 atom stereocenters. The lowest BCUT2D eigenvalue weighted by molar-refractivity contribution is -0.123. The highest BCUT2D eigenvalue weighted by Crippen LogP contribution is 2.39. The number of aromatic nitrogens is 2. The molecule has 2 fully saturated rings. The average molecular weight is 362 g/mol. The first-order valence-electron chi connectivity index (χ1n) is 8.92. The largest absolute Gasteiger partial charge is 0.307 e. The Balaban J connectivity index is 1.54. The highest BCUT2D eigenvalue weighted by atomic mass is 32.1. The summed E-state index contributed by atoms with van der Waals surface area (Å²) in [5.74, 6) is 0.769. The maximum Gasteiger partial charge on any atom is 0.249 e. The fourth-order valence-corrected chi connectivity index (χ4v) is 3.59. The normalized spacial score (nSPS) is 21.8. The first-order chi connectivity index (χ1) is 11.8. The molecule has 2 N–H and O–H groups in total. The number of carbonyl (C=O) groups excluding carboxylic acids is 2. The molecule has 6 nitrogen and oxygen atoms in total. The van der Waals surface area contributed by atoms with Crippen molar-refractivity contribution in [3.63, 3.8) is 0 Å². The van der Waals surface area contributed by atoms with Gasteiger partial charge in [0.2, 0.25) is 11.0 Å². The Bertz CT molecular complexity index is 669. The van der Waals surface area contributed by atoms with Crippen LogP contribution >= 0.6 is 11.3 Å². The topological polar surface area (TPSA) is 84.0 Å². The Labute approximate surface area is 152 Å². The molecule has 1 aliphatic heterocycles. The second-order valence-corrected chi connectivity index (χ2v) is 8.96. The predicted octanol–water partition coefficient (Wildman–Crippen LogP) is 2.68. The SMILES string of the molecule is CC(C)(C)c1nnc(NC(=O)/C=C/[C@@H](CC(=O)[C@@H]2CCN2)C2CC2)s1.